The minimum absolute atomic E-state index is 0.269. The standard InChI is InChI=1S/C10H11ClO.C5H11NO2/c11-10-3-1-2-8-4-7(6-12)5-9(8)10;1-5(2,3)8-4(6)7/h1-3,7,12H,4-6H2;1-3H3,(H2,6,7). The lowest BCUT2D eigenvalue weighted by atomic mass is 10.1. The number of carbonyl (C=O) groups is 1. The van der Waals surface area contributed by atoms with Gasteiger partial charge in [0, 0.05) is 11.6 Å². The van der Waals surface area contributed by atoms with Crippen LogP contribution in [0.4, 0.5) is 4.79 Å². The molecule has 1 amide bonds. The van der Waals surface area contributed by atoms with Crippen LogP contribution in [0.15, 0.2) is 18.2 Å². The molecule has 0 bridgehead atoms. The summed E-state index contributed by atoms with van der Waals surface area (Å²) >= 11 is 6.01. The van der Waals surface area contributed by atoms with Crippen molar-refractivity contribution in [3.05, 3.63) is 34.3 Å². The van der Waals surface area contributed by atoms with Crippen LogP contribution < -0.4 is 5.73 Å². The number of nitrogens with two attached hydrogens (primary N) is 1. The van der Waals surface area contributed by atoms with Crippen molar-refractivity contribution < 1.29 is 14.6 Å². The SMILES string of the molecule is CC(C)(C)OC(N)=O.OCC1Cc2cccc(Cl)c2C1. The molecule has 2 rings (SSSR count). The lowest BCUT2D eigenvalue weighted by molar-refractivity contribution is 0.0600. The summed E-state index contributed by atoms with van der Waals surface area (Å²) in [4.78, 5) is 10.0. The van der Waals surface area contributed by atoms with E-state index in [4.69, 9.17) is 22.4 Å². The second-order valence-corrected chi connectivity index (χ2v) is 6.28. The second kappa shape index (κ2) is 6.95. The van der Waals surface area contributed by atoms with Gasteiger partial charge in [-0.25, -0.2) is 4.79 Å². The van der Waals surface area contributed by atoms with Crippen LogP contribution in [0, 0.1) is 5.92 Å². The Labute approximate surface area is 124 Å². The van der Waals surface area contributed by atoms with Crippen LogP contribution in [0.25, 0.3) is 0 Å². The molecule has 0 saturated carbocycles. The maximum Gasteiger partial charge on any atom is 0.405 e. The van der Waals surface area contributed by atoms with Crippen LogP contribution >= 0.6 is 11.6 Å². The Bertz CT molecular complexity index is 469. The second-order valence-electron chi connectivity index (χ2n) is 5.87. The molecule has 0 aromatic heterocycles. The van der Waals surface area contributed by atoms with Crippen LogP contribution in [0.3, 0.4) is 0 Å². The van der Waals surface area contributed by atoms with Gasteiger partial charge >= 0.3 is 6.09 Å². The summed E-state index contributed by atoms with van der Waals surface area (Å²) in [5, 5.41) is 9.84. The van der Waals surface area contributed by atoms with Gasteiger partial charge in [0.15, 0.2) is 0 Å². The van der Waals surface area contributed by atoms with Crippen molar-refractivity contribution in [3.8, 4) is 0 Å². The Kier molecular flexibility index (Phi) is 5.84. The van der Waals surface area contributed by atoms with Crippen molar-refractivity contribution in [1.82, 2.24) is 0 Å². The summed E-state index contributed by atoms with van der Waals surface area (Å²) in [7, 11) is 0. The summed E-state index contributed by atoms with van der Waals surface area (Å²) in [6.07, 6.45) is 1.19. The molecule has 0 aliphatic heterocycles. The molecule has 0 spiro atoms. The predicted molar refractivity (Wildman–Crippen MR) is 79.9 cm³/mol. The zero-order valence-electron chi connectivity index (χ0n) is 12.1. The molecule has 1 aliphatic carbocycles. The molecule has 0 saturated heterocycles. The molecule has 1 unspecified atom stereocenters. The molecule has 5 heteroatoms. The molecule has 4 nitrogen and oxygen atoms in total. The third kappa shape index (κ3) is 5.39. The number of aliphatic hydroxyl groups is 1. The van der Waals surface area contributed by atoms with Gasteiger partial charge < -0.3 is 15.6 Å². The first kappa shape index (κ1) is 16.8. The van der Waals surface area contributed by atoms with E-state index >= 15 is 0 Å². The molecule has 1 aromatic carbocycles. The topological polar surface area (TPSA) is 72.5 Å². The van der Waals surface area contributed by atoms with Crippen molar-refractivity contribution in [1.29, 1.82) is 0 Å². The summed E-state index contributed by atoms with van der Waals surface area (Å²) in [5.41, 5.74) is 6.81. The highest BCUT2D eigenvalue weighted by Crippen LogP contribution is 2.31. The Morgan fingerprint density at radius 3 is 2.50 bits per heavy atom. The number of benzene rings is 1. The molecular formula is C15H22ClNO3. The van der Waals surface area contributed by atoms with Crippen LogP contribution in [0.1, 0.15) is 31.9 Å². The first-order valence-corrected chi connectivity index (χ1v) is 6.96. The third-order valence-corrected chi connectivity index (χ3v) is 3.24. The van der Waals surface area contributed by atoms with E-state index in [2.05, 4.69) is 10.8 Å². The molecule has 0 fully saturated rings. The van der Waals surface area contributed by atoms with Gasteiger partial charge in [0.1, 0.15) is 5.60 Å². The summed E-state index contributed by atoms with van der Waals surface area (Å²) in [5.74, 6) is 0.389. The largest absolute Gasteiger partial charge is 0.444 e. The number of carbonyl (C=O) groups excluding carboxylic acids is 1. The summed E-state index contributed by atoms with van der Waals surface area (Å²) in [6.45, 7) is 5.55. The molecular weight excluding hydrogens is 278 g/mol. The van der Waals surface area contributed by atoms with Crippen LogP contribution in [0.2, 0.25) is 5.02 Å². The number of ether oxygens (including phenoxy) is 1. The van der Waals surface area contributed by atoms with E-state index in [1.54, 1.807) is 20.8 Å². The summed E-state index contributed by atoms with van der Waals surface area (Å²) < 4.78 is 4.58. The van der Waals surface area contributed by atoms with Gasteiger partial charge in [-0.3, -0.25) is 0 Å². The van der Waals surface area contributed by atoms with Crippen molar-refractivity contribution in [2.45, 2.75) is 39.2 Å². The number of rotatable bonds is 1. The average Bonchev–Trinajstić information content (AvgIpc) is 2.71. The molecule has 112 valence electrons. The monoisotopic (exact) mass is 299 g/mol. The number of halogens is 1. The smallest absolute Gasteiger partial charge is 0.405 e. The van der Waals surface area contributed by atoms with Crippen molar-refractivity contribution in [3.63, 3.8) is 0 Å². The van der Waals surface area contributed by atoms with Crippen LogP contribution in [-0.2, 0) is 17.6 Å². The number of hydrogen-bond donors (Lipinski definition) is 2. The van der Waals surface area contributed by atoms with E-state index in [1.807, 2.05) is 12.1 Å². The predicted octanol–water partition coefficient (Wildman–Crippen LogP) is 2.93. The van der Waals surface area contributed by atoms with Crippen LogP contribution in [0.5, 0.6) is 0 Å². The van der Waals surface area contributed by atoms with E-state index in [-0.39, 0.29) is 6.61 Å². The van der Waals surface area contributed by atoms with Gasteiger partial charge in [0.05, 0.1) is 0 Å². The average molecular weight is 300 g/mol. The fourth-order valence-electron chi connectivity index (χ4n) is 2.13. The van der Waals surface area contributed by atoms with Gasteiger partial charge in [-0.15, -0.1) is 0 Å². The molecule has 20 heavy (non-hydrogen) atoms. The Morgan fingerprint density at radius 1 is 1.45 bits per heavy atom. The first-order chi connectivity index (χ1) is 9.23. The zero-order valence-corrected chi connectivity index (χ0v) is 12.9. The normalized spacial score (nSPS) is 16.9. The van der Waals surface area contributed by atoms with Crippen molar-refractivity contribution >= 4 is 17.7 Å². The minimum atomic E-state index is -0.725. The fourth-order valence-corrected chi connectivity index (χ4v) is 2.40. The Balaban J connectivity index is 0.000000221. The first-order valence-electron chi connectivity index (χ1n) is 6.58. The summed E-state index contributed by atoms with van der Waals surface area (Å²) in [6, 6.07) is 5.98. The van der Waals surface area contributed by atoms with Crippen molar-refractivity contribution in [2.24, 2.45) is 11.7 Å². The third-order valence-electron chi connectivity index (χ3n) is 2.88. The van der Waals surface area contributed by atoms with E-state index < -0.39 is 11.7 Å². The number of fused-ring (bicyclic) bond motifs is 1. The highest BCUT2D eigenvalue weighted by molar-refractivity contribution is 6.31. The number of hydrogen-bond acceptors (Lipinski definition) is 3. The minimum Gasteiger partial charge on any atom is -0.444 e. The molecule has 3 N–H and O–H groups in total. The quantitative estimate of drug-likeness (QED) is 0.837. The van der Waals surface area contributed by atoms with Crippen LogP contribution in [-0.4, -0.2) is 23.4 Å². The molecule has 0 heterocycles. The molecule has 1 atom stereocenters. The maximum atomic E-state index is 10.0. The van der Waals surface area contributed by atoms with Gasteiger partial charge in [-0.05, 0) is 56.7 Å². The highest BCUT2D eigenvalue weighted by atomic mass is 35.5. The Morgan fingerprint density at radius 2 is 2.10 bits per heavy atom. The van der Waals surface area contributed by atoms with Gasteiger partial charge in [0.25, 0.3) is 0 Å². The van der Waals surface area contributed by atoms with E-state index in [1.165, 1.54) is 11.1 Å². The lowest BCUT2D eigenvalue weighted by Gasteiger charge is -2.16. The van der Waals surface area contributed by atoms with Gasteiger partial charge in [-0.2, -0.15) is 0 Å². The van der Waals surface area contributed by atoms with E-state index in [0.717, 1.165) is 17.9 Å². The number of aliphatic hydroxyl groups excluding tert-OH is 1. The Hall–Kier alpha value is -1.26. The fraction of sp³-hybridized carbons (Fsp3) is 0.533. The van der Waals surface area contributed by atoms with E-state index in [0.29, 0.717) is 5.92 Å². The number of amides is 1. The highest BCUT2D eigenvalue weighted by Gasteiger charge is 2.22. The maximum absolute atomic E-state index is 10.0. The van der Waals surface area contributed by atoms with Gasteiger partial charge in [0.2, 0.25) is 0 Å². The zero-order chi connectivity index (χ0) is 15.3. The molecule has 1 aromatic rings. The number of primary amides is 1. The molecule has 0 radical (unpaired) electrons. The molecule has 1 aliphatic rings. The van der Waals surface area contributed by atoms with E-state index in [9.17, 15) is 4.79 Å². The lowest BCUT2D eigenvalue weighted by Crippen LogP contribution is -2.27. The van der Waals surface area contributed by atoms with Crippen molar-refractivity contribution in [2.75, 3.05) is 6.61 Å². The van der Waals surface area contributed by atoms with Gasteiger partial charge in [-0.1, -0.05) is 23.7 Å².